The predicted molar refractivity (Wildman–Crippen MR) is 81.8 cm³/mol. The van der Waals surface area contributed by atoms with Gasteiger partial charge in [-0.2, -0.15) is 0 Å². The number of carboxylic acid groups (broad SMARTS) is 1. The molecule has 0 bridgehead atoms. The minimum atomic E-state index is -0.918. The molecule has 0 radical (unpaired) electrons. The van der Waals surface area contributed by atoms with Gasteiger partial charge in [-0.15, -0.1) is 0 Å². The molecule has 5 heteroatoms. The maximum absolute atomic E-state index is 12.2. The maximum atomic E-state index is 12.2. The molecule has 5 nitrogen and oxygen atoms in total. The van der Waals surface area contributed by atoms with E-state index in [4.69, 9.17) is 5.11 Å². The van der Waals surface area contributed by atoms with E-state index in [0.29, 0.717) is 5.56 Å². The zero-order valence-electron chi connectivity index (χ0n) is 12.7. The van der Waals surface area contributed by atoms with Crippen LogP contribution in [-0.4, -0.2) is 35.6 Å². The topological polar surface area (TPSA) is 69.6 Å². The highest BCUT2D eigenvalue weighted by Crippen LogP contribution is 2.30. The second kappa shape index (κ2) is 6.16. The monoisotopic (exact) mass is 290 g/mol. The summed E-state index contributed by atoms with van der Waals surface area (Å²) < 4.78 is 0. The third kappa shape index (κ3) is 3.17. The number of carbonyl (C=O) groups is 2. The fourth-order valence-corrected chi connectivity index (χ4v) is 2.57. The summed E-state index contributed by atoms with van der Waals surface area (Å²) >= 11 is 0. The summed E-state index contributed by atoms with van der Waals surface area (Å²) in [6, 6.07) is 5.02. The van der Waals surface area contributed by atoms with Crippen LogP contribution in [0.5, 0.6) is 0 Å². The van der Waals surface area contributed by atoms with Crippen molar-refractivity contribution in [3.63, 3.8) is 0 Å². The van der Waals surface area contributed by atoms with Crippen LogP contribution >= 0.6 is 0 Å². The first-order chi connectivity index (χ1) is 9.93. The van der Waals surface area contributed by atoms with Crippen molar-refractivity contribution in [2.45, 2.75) is 45.7 Å². The molecule has 0 fully saturated rings. The zero-order chi connectivity index (χ0) is 15.6. The van der Waals surface area contributed by atoms with Crippen LogP contribution in [0.15, 0.2) is 18.2 Å². The number of carbonyl (C=O) groups excluding carboxylic acids is 1. The number of nitrogens with one attached hydrogen (secondary N) is 1. The average molecular weight is 290 g/mol. The lowest BCUT2D eigenvalue weighted by atomic mass is 10.1. The van der Waals surface area contributed by atoms with Gasteiger partial charge in [0.25, 0.3) is 0 Å². The van der Waals surface area contributed by atoms with E-state index in [1.165, 1.54) is 0 Å². The van der Waals surface area contributed by atoms with Crippen molar-refractivity contribution in [3.05, 3.63) is 29.3 Å². The molecule has 1 aromatic rings. The van der Waals surface area contributed by atoms with Crippen LogP contribution in [0, 0.1) is 0 Å². The zero-order valence-corrected chi connectivity index (χ0v) is 12.7. The van der Waals surface area contributed by atoms with Crippen molar-refractivity contribution in [2.75, 3.05) is 11.4 Å². The number of nitrogens with zero attached hydrogens (tertiary/aromatic N) is 1. The number of fused-ring (bicyclic) bond motifs is 1. The van der Waals surface area contributed by atoms with Gasteiger partial charge in [0.2, 0.25) is 5.91 Å². The van der Waals surface area contributed by atoms with E-state index in [1.54, 1.807) is 18.2 Å². The van der Waals surface area contributed by atoms with Gasteiger partial charge < -0.3 is 15.3 Å². The highest BCUT2D eigenvalue weighted by Gasteiger charge is 2.28. The van der Waals surface area contributed by atoms with Crippen molar-refractivity contribution in [2.24, 2.45) is 0 Å². The molecule has 2 N–H and O–H groups in total. The summed E-state index contributed by atoms with van der Waals surface area (Å²) in [5, 5.41) is 12.0. The quantitative estimate of drug-likeness (QED) is 0.871. The Bertz CT molecular complexity index is 556. The molecule has 1 amide bonds. The van der Waals surface area contributed by atoms with Gasteiger partial charge in [-0.3, -0.25) is 4.79 Å². The van der Waals surface area contributed by atoms with Gasteiger partial charge >= 0.3 is 5.97 Å². The molecule has 1 aliphatic rings. The van der Waals surface area contributed by atoms with Crippen molar-refractivity contribution in [1.82, 2.24) is 5.32 Å². The van der Waals surface area contributed by atoms with Gasteiger partial charge in [0, 0.05) is 18.3 Å². The molecule has 2 unspecified atom stereocenters. The van der Waals surface area contributed by atoms with Crippen LogP contribution in [0.1, 0.15) is 43.1 Å². The van der Waals surface area contributed by atoms with Crippen LogP contribution < -0.4 is 10.2 Å². The Kier molecular flexibility index (Phi) is 4.50. The highest BCUT2D eigenvalue weighted by molar-refractivity contribution is 5.90. The second-order valence-electron chi connectivity index (χ2n) is 5.59. The summed E-state index contributed by atoms with van der Waals surface area (Å²) in [6.45, 7) is 6.65. The number of rotatable bonds is 5. The molecule has 0 aliphatic carbocycles. The lowest BCUT2D eigenvalue weighted by molar-refractivity contribution is -0.122. The molecule has 114 valence electrons. The van der Waals surface area contributed by atoms with Crippen molar-refractivity contribution in [3.8, 4) is 0 Å². The fraction of sp³-hybridized carbons (Fsp3) is 0.500. The summed E-state index contributed by atoms with van der Waals surface area (Å²) in [5.74, 6) is -0.904. The molecule has 1 aromatic carbocycles. The first kappa shape index (κ1) is 15.4. The van der Waals surface area contributed by atoms with Crippen LogP contribution in [-0.2, 0) is 11.2 Å². The normalized spacial score (nSPS) is 16.2. The number of carboxylic acids is 1. The van der Waals surface area contributed by atoms with Gasteiger partial charge in [-0.05, 0) is 50.5 Å². The highest BCUT2D eigenvalue weighted by atomic mass is 16.4. The molecule has 21 heavy (non-hydrogen) atoms. The molecule has 0 saturated heterocycles. The molecule has 1 aliphatic heterocycles. The van der Waals surface area contributed by atoms with Crippen LogP contribution in [0.3, 0.4) is 0 Å². The number of aromatic carboxylic acids is 1. The fourth-order valence-electron chi connectivity index (χ4n) is 2.57. The summed E-state index contributed by atoms with van der Waals surface area (Å²) in [6.07, 6.45) is 1.68. The SMILES string of the molecule is CCC(C)NC(=O)C(C)N1CCc2cc(C(=O)O)ccc21. The largest absolute Gasteiger partial charge is 0.478 e. The van der Waals surface area contributed by atoms with Crippen molar-refractivity contribution >= 4 is 17.6 Å². The van der Waals surface area contributed by atoms with Gasteiger partial charge in [-0.25, -0.2) is 4.79 Å². The van der Waals surface area contributed by atoms with E-state index in [2.05, 4.69) is 5.32 Å². The lowest BCUT2D eigenvalue weighted by Crippen LogP contribution is -2.47. The van der Waals surface area contributed by atoms with E-state index in [0.717, 1.165) is 30.6 Å². The van der Waals surface area contributed by atoms with Crippen LogP contribution in [0.2, 0.25) is 0 Å². The maximum Gasteiger partial charge on any atom is 0.335 e. The summed E-state index contributed by atoms with van der Waals surface area (Å²) in [7, 11) is 0. The van der Waals surface area contributed by atoms with Crippen molar-refractivity contribution < 1.29 is 14.7 Å². The minimum Gasteiger partial charge on any atom is -0.478 e. The third-order valence-corrected chi connectivity index (χ3v) is 4.11. The van der Waals surface area contributed by atoms with E-state index in [-0.39, 0.29) is 18.0 Å². The lowest BCUT2D eigenvalue weighted by Gasteiger charge is -2.27. The van der Waals surface area contributed by atoms with Gasteiger partial charge in [-0.1, -0.05) is 6.92 Å². The Morgan fingerprint density at radius 1 is 1.38 bits per heavy atom. The molecular weight excluding hydrogens is 268 g/mol. The van der Waals surface area contributed by atoms with Crippen molar-refractivity contribution in [1.29, 1.82) is 0 Å². The Balaban J connectivity index is 2.15. The molecule has 2 atom stereocenters. The molecule has 0 aromatic heterocycles. The van der Waals surface area contributed by atoms with E-state index in [9.17, 15) is 9.59 Å². The van der Waals surface area contributed by atoms with Gasteiger partial charge in [0.15, 0.2) is 0 Å². The smallest absolute Gasteiger partial charge is 0.335 e. The molecule has 2 rings (SSSR count). The number of hydrogen-bond acceptors (Lipinski definition) is 3. The van der Waals surface area contributed by atoms with Crippen LogP contribution in [0.25, 0.3) is 0 Å². The van der Waals surface area contributed by atoms with Gasteiger partial charge in [0.1, 0.15) is 6.04 Å². The number of amides is 1. The molecule has 0 saturated carbocycles. The first-order valence-electron chi connectivity index (χ1n) is 7.37. The number of benzene rings is 1. The third-order valence-electron chi connectivity index (χ3n) is 4.11. The Hall–Kier alpha value is -2.04. The number of anilines is 1. The number of hydrogen-bond donors (Lipinski definition) is 2. The second-order valence-corrected chi connectivity index (χ2v) is 5.59. The molecule has 1 heterocycles. The summed E-state index contributed by atoms with van der Waals surface area (Å²) in [4.78, 5) is 25.3. The molecule has 0 spiro atoms. The molecular formula is C16H22N2O3. The minimum absolute atomic E-state index is 0.0134. The predicted octanol–water partition coefficient (Wildman–Crippen LogP) is 2.05. The summed E-state index contributed by atoms with van der Waals surface area (Å²) in [5.41, 5.74) is 2.26. The standard InChI is InChI=1S/C16H22N2O3/c1-4-10(2)17-15(19)11(3)18-8-7-12-9-13(16(20)21)5-6-14(12)18/h5-6,9-11H,4,7-8H2,1-3H3,(H,17,19)(H,20,21). The van der Waals surface area contributed by atoms with E-state index >= 15 is 0 Å². The van der Waals surface area contributed by atoms with Crippen LogP contribution in [0.4, 0.5) is 5.69 Å². The van der Waals surface area contributed by atoms with E-state index in [1.807, 2.05) is 25.7 Å². The Labute approximate surface area is 125 Å². The Morgan fingerprint density at radius 2 is 2.10 bits per heavy atom. The first-order valence-corrected chi connectivity index (χ1v) is 7.37. The van der Waals surface area contributed by atoms with Gasteiger partial charge in [0.05, 0.1) is 5.56 Å². The Morgan fingerprint density at radius 3 is 2.71 bits per heavy atom. The van der Waals surface area contributed by atoms with E-state index < -0.39 is 5.97 Å². The average Bonchev–Trinajstić information content (AvgIpc) is 2.88.